The molecule has 0 amide bonds. The molecule has 1 aromatic carbocycles. The third-order valence-corrected chi connectivity index (χ3v) is 3.65. The maximum absolute atomic E-state index is 4.61. The molecule has 0 fully saturated rings. The Balaban J connectivity index is 1.88. The molecule has 0 radical (unpaired) electrons. The summed E-state index contributed by atoms with van der Waals surface area (Å²) in [7, 11) is 0. The normalized spacial score (nSPS) is 14.1. The second kappa shape index (κ2) is 4.94. The number of nitrogens with zero attached hydrogens (tertiary/aromatic N) is 3. The molecule has 4 rings (SSSR count). The molecule has 2 aromatic heterocycles. The first-order chi connectivity index (χ1) is 10.4. The molecule has 0 saturated carbocycles. The van der Waals surface area contributed by atoms with E-state index in [-0.39, 0.29) is 0 Å². The van der Waals surface area contributed by atoms with Crippen molar-refractivity contribution in [3.63, 3.8) is 0 Å². The van der Waals surface area contributed by atoms with Crippen molar-refractivity contribution in [3.8, 4) is 0 Å². The van der Waals surface area contributed by atoms with E-state index in [0.29, 0.717) is 6.54 Å². The molecule has 3 heterocycles. The minimum atomic E-state index is 0.706. The van der Waals surface area contributed by atoms with Crippen LogP contribution < -0.4 is 0 Å². The van der Waals surface area contributed by atoms with E-state index in [1.54, 1.807) is 6.20 Å². The van der Waals surface area contributed by atoms with Crippen molar-refractivity contribution in [2.24, 2.45) is 4.99 Å². The van der Waals surface area contributed by atoms with E-state index < -0.39 is 0 Å². The van der Waals surface area contributed by atoms with Crippen LogP contribution in [0.3, 0.4) is 0 Å². The number of allylic oxidation sites excluding steroid dienone is 1. The fourth-order valence-electron chi connectivity index (χ4n) is 2.70. The minimum Gasteiger partial charge on any atom is -0.278 e. The third-order valence-electron chi connectivity index (χ3n) is 3.65. The van der Waals surface area contributed by atoms with E-state index in [9.17, 15) is 0 Å². The van der Waals surface area contributed by atoms with Crippen LogP contribution in [0.2, 0.25) is 0 Å². The predicted octanol–water partition coefficient (Wildman–Crippen LogP) is 3.52. The number of rotatable bonds is 2. The molecule has 0 atom stereocenters. The van der Waals surface area contributed by atoms with E-state index in [2.05, 4.69) is 33.2 Å². The van der Waals surface area contributed by atoms with Crippen molar-refractivity contribution in [1.82, 2.24) is 9.97 Å². The van der Waals surface area contributed by atoms with Gasteiger partial charge in [0.2, 0.25) is 0 Å². The third kappa shape index (κ3) is 2.03. The van der Waals surface area contributed by atoms with Crippen molar-refractivity contribution >= 4 is 22.2 Å². The summed E-state index contributed by atoms with van der Waals surface area (Å²) in [6.07, 6.45) is 5.82. The van der Waals surface area contributed by atoms with Gasteiger partial charge in [0.05, 0.1) is 23.5 Å². The van der Waals surface area contributed by atoms with Gasteiger partial charge in [-0.1, -0.05) is 30.3 Å². The predicted molar refractivity (Wildman–Crippen MR) is 85.4 cm³/mol. The Hall–Kier alpha value is -2.81. The fraction of sp³-hybridized carbons (Fsp3) is 0.0556. The summed E-state index contributed by atoms with van der Waals surface area (Å²) in [5, 5.41) is 1.15. The lowest BCUT2D eigenvalue weighted by molar-refractivity contribution is 1.25. The second-order valence-corrected chi connectivity index (χ2v) is 4.90. The summed E-state index contributed by atoms with van der Waals surface area (Å²) < 4.78 is 0. The zero-order valence-corrected chi connectivity index (χ0v) is 11.4. The number of fused-ring (bicyclic) bond motifs is 1. The Morgan fingerprint density at radius 3 is 2.62 bits per heavy atom. The number of hydrogen-bond donors (Lipinski definition) is 0. The number of hydrogen-bond acceptors (Lipinski definition) is 3. The largest absolute Gasteiger partial charge is 0.278 e. The summed E-state index contributed by atoms with van der Waals surface area (Å²) in [5.74, 6) is 0. The van der Waals surface area contributed by atoms with Gasteiger partial charge in [-0.3, -0.25) is 15.0 Å². The maximum Gasteiger partial charge on any atom is 0.0910 e. The molecule has 0 unspecified atom stereocenters. The van der Waals surface area contributed by atoms with Crippen molar-refractivity contribution in [2.45, 2.75) is 0 Å². The van der Waals surface area contributed by atoms with Gasteiger partial charge in [-0.2, -0.15) is 0 Å². The molecule has 0 spiro atoms. The zero-order valence-electron chi connectivity index (χ0n) is 11.4. The van der Waals surface area contributed by atoms with E-state index in [1.165, 1.54) is 5.56 Å². The quantitative estimate of drug-likeness (QED) is 0.715. The van der Waals surface area contributed by atoms with Crippen molar-refractivity contribution in [3.05, 3.63) is 78.3 Å². The molecule has 0 saturated heterocycles. The number of aliphatic imine (C=N–C) groups is 1. The molecule has 21 heavy (non-hydrogen) atoms. The van der Waals surface area contributed by atoms with Gasteiger partial charge in [0.25, 0.3) is 0 Å². The highest BCUT2D eigenvalue weighted by atomic mass is 14.8. The van der Waals surface area contributed by atoms with Crippen LogP contribution in [0.25, 0.3) is 16.5 Å². The molecule has 1 aliphatic heterocycles. The number of para-hydroxylation sites is 1. The van der Waals surface area contributed by atoms with Gasteiger partial charge in [-0.25, -0.2) is 0 Å². The number of aromatic nitrogens is 2. The molecule has 0 N–H and O–H groups in total. The zero-order chi connectivity index (χ0) is 14.1. The van der Waals surface area contributed by atoms with Gasteiger partial charge in [0.1, 0.15) is 0 Å². The number of pyridine rings is 2. The van der Waals surface area contributed by atoms with E-state index in [4.69, 9.17) is 0 Å². The molecule has 100 valence electrons. The first kappa shape index (κ1) is 12.0. The number of benzene rings is 1. The molecule has 0 aliphatic carbocycles. The van der Waals surface area contributed by atoms with E-state index >= 15 is 0 Å². The Labute approximate surface area is 122 Å². The average molecular weight is 271 g/mol. The molecule has 1 aliphatic rings. The first-order valence-electron chi connectivity index (χ1n) is 6.94. The summed E-state index contributed by atoms with van der Waals surface area (Å²) in [6, 6.07) is 16.2. The van der Waals surface area contributed by atoms with Gasteiger partial charge in [0.15, 0.2) is 0 Å². The molecule has 3 heteroatoms. The first-order valence-corrected chi connectivity index (χ1v) is 6.94. The Morgan fingerprint density at radius 2 is 1.71 bits per heavy atom. The van der Waals surface area contributed by atoms with Crippen LogP contribution in [0.15, 0.2) is 72.0 Å². The Bertz CT molecular complexity index is 859. The second-order valence-electron chi connectivity index (χ2n) is 4.90. The average Bonchev–Trinajstić information content (AvgIpc) is 3.04. The Kier molecular flexibility index (Phi) is 2.82. The topological polar surface area (TPSA) is 38.1 Å². The Morgan fingerprint density at radius 1 is 0.810 bits per heavy atom. The van der Waals surface area contributed by atoms with Crippen LogP contribution in [0.5, 0.6) is 0 Å². The standard InChI is InChI=1S/C18H13N3/c1-2-6-16-14(5-1)13(8-11-20-16)15-9-12-21-18(15)17-7-3-4-10-19-17/h1-11H,12H2. The highest BCUT2D eigenvalue weighted by molar-refractivity contribution is 6.34. The minimum absolute atomic E-state index is 0.706. The lowest BCUT2D eigenvalue weighted by Gasteiger charge is -2.09. The summed E-state index contributed by atoms with van der Waals surface area (Å²) >= 11 is 0. The molecular formula is C18H13N3. The smallest absolute Gasteiger partial charge is 0.0910 e. The van der Waals surface area contributed by atoms with Crippen molar-refractivity contribution < 1.29 is 0 Å². The summed E-state index contributed by atoms with van der Waals surface area (Å²) in [4.78, 5) is 13.5. The van der Waals surface area contributed by atoms with Crippen molar-refractivity contribution in [1.29, 1.82) is 0 Å². The lowest BCUT2D eigenvalue weighted by atomic mass is 9.96. The van der Waals surface area contributed by atoms with E-state index in [1.807, 2.05) is 42.6 Å². The van der Waals surface area contributed by atoms with Crippen LogP contribution in [0.1, 0.15) is 11.3 Å². The summed E-state index contributed by atoms with van der Waals surface area (Å²) in [6.45, 7) is 0.706. The van der Waals surface area contributed by atoms with Gasteiger partial charge in [-0.15, -0.1) is 0 Å². The van der Waals surface area contributed by atoms with Gasteiger partial charge in [-0.05, 0) is 29.8 Å². The fourth-order valence-corrected chi connectivity index (χ4v) is 2.70. The molecule has 3 nitrogen and oxygen atoms in total. The lowest BCUT2D eigenvalue weighted by Crippen LogP contribution is -2.04. The van der Waals surface area contributed by atoms with Crippen LogP contribution >= 0.6 is 0 Å². The van der Waals surface area contributed by atoms with Gasteiger partial charge < -0.3 is 0 Å². The van der Waals surface area contributed by atoms with Crippen LogP contribution in [-0.4, -0.2) is 22.2 Å². The van der Waals surface area contributed by atoms with Crippen LogP contribution in [0.4, 0.5) is 0 Å². The molecular weight excluding hydrogens is 258 g/mol. The molecule has 0 bridgehead atoms. The van der Waals surface area contributed by atoms with Crippen LogP contribution in [-0.2, 0) is 0 Å². The highest BCUT2D eigenvalue weighted by Crippen LogP contribution is 2.28. The summed E-state index contributed by atoms with van der Waals surface area (Å²) in [5.41, 5.74) is 5.20. The van der Waals surface area contributed by atoms with Crippen molar-refractivity contribution in [2.75, 3.05) is 6.54 Å². The highest BCUT2D eigenvalue weighted by Gasteiger charge is 2.18. The molecule has 3 aromatic rings. The van der Waals surface area contributed by atoms with Gasteiger partial charge in [0, 0.05) is 23.4 Å². The van der Waals surface area contributed by atoms with E-state index in [0.717, 1.165) is 27.9 Å². The van der Waals surface area contributed by atoms with Crippen LogP contribution in [0, 0.1) is 0 Å². The van der Waals surface area contributed by atoms with Gasteiger partial charge >= 0.3 is 0 Å². The SMILES string of the molecule is C1=C(c2ccnc3ccccc23)C(c2ccccn2)=NC1. The maximum atomic E-state index is 4.61. The monoisotopic (exact) mass is 271 g/mol.